The van der Waals surface area contributed by atoms with E-state index >= 15 is 13.2 Å². The number of nitrogens with one attached hydrogen (secondary N) is 1. The van der Waals surface area contributed by atoms with Crippen LogP contribution in [0.4, 0.5) is 29.5 Å². The summed E-state index contributed by atoms with van der Waals surface area (Å²) in [6, 6.07) is 8.25. The summed E-state index contributed by atoms with van der Waals surface area (Å²) in [7, 11) is 1.48. The van der Waals surface area contributed by atoms with Crippen LogP contribution in [0, 0.1) is 54.0 Å². The Hall–Kier alpha value is -6.59. The van der Waals surface area contributed by atoms with E-state index in [2.05, 4.69) is 37.9 Å². The van der Waals surface area contributed by atoms with Gasteiger partial charge in [-0.15, -0.1) is 6.42 Å². The molecule has 1 saturated carbocycles. The fraction of sp³-hybridized carbons (Fsp3) is 0.517. The van der Waals surface area contributed by atoms with Gasteiger partial charge in [0.2, 0.25) is 5.91 Å². The third kappa shape index (κ3) is 11.5. The molecule has 3 aromatic carbocycles. The molecule has 6 heterocycles. The lowest BCUT2D eigenvalue weighted by Gasteiger charge is -2.47. The minimum absolute atomic E-state index is 0.00517. The van der Waals surface area contributed by atoms with Gasteiger partial charge in [0.1, 0.15) is 34.4 Å². The van der Waals surface area contributed by atoms with Gasteiger partial charge >= 0.3 is 12.0 Å². The number of piperazine rings is 1. The number of aryl methyl sites for hydroxylation is 1. The fourth-order valence-corrected chi connectivity index (χ4v) is 12.3. The van der Waals surface area contributed by atoms with E-state index in [1.54, 1.807) is 36.9 Å². The Kier molecular flexibility index (Phi) is 15.7. The number of benzene rings is 3. The summed E-state index contributed by atoms with van der Waals surface area (Å²) in [6.07, 6.45) is 15.0. The lowest BCUT2D eigenvalue weighted by atomic mass is 9.65. The molecule has 2 aromatic heterocycles. The second-order valence-electron chi connectivity index (χ2n) is 22.3. The zero-order valence-electron chi connectivity index (χ0n) is 44.4. The number of β-amino-alcohol motifs (C(OH)–C–C–N with tert-alkyl or cyclic N) is 1. The van der Waals surface area contributed by atoms with Crippen LogP contribution in [0.5, 0.6) is 11.8 Å². The van der Waals surface area contributed by atoms with Crippen LogP contribution in [0.3, 0.4) is 0 Å². The summed E-state index contributed by atoms with van der Waals surface area (Å²) in [5.74, 6) is 1.12. The average Bonchev–Trinajstić information content (AvgIpc) is 3.44. The average molecular weight is 1060 g/mol. The van der Waals surface area contributed by atoms with E-state index in [1.165, 1.54) is 36.4 Å². The molecule has 4 aliphatic heterocycles. The number of terminal acetylenes is 1. The van der Waals surface area contributed by atoms with Gasteiger partial charge < -0.3 is 38.9 Å². The molecule has 1 aliphatic carbocycles. The standard InChI is InChI=1S/C58H68F3N9O7/c1-6-41-45(59)9-8-39-27-40(77-35-75-5)28-43(49(39)41)51-50(61)52-44(30-62-51)53(69-18-7-13-57(4,74)34-69)65-55(64-52)76-33-36(2)31-66-22-24-67(25-23-66)32-38-10-14-58(15-11-38)16-20-68(21-17-58)54(72)42-29-47(37(3)26-46(42)60)70-19-12-48(71)63-56(70)73/h1,8-9,26-30,36,38,74H,7,10-25,31-35H2,2-5H3,(H,63,71,73)/t36-,57-/m1/s1. The topological polar surface area (TPSA) is 166 Å². The van der Waals surface area contributed by atoms with Crippen molar-refractivity contribution in [1.29, 1.82) is 0 Å². The first kappa shape index (κ1) is 53.8. The summed E-state index contributed by atoms with van der Waals surface area (Å²) in [6.45, 7) is 13.5. The maximum absolute atomic E-state index is 17.3. The molecule has 0 unspecified atom stereocenters. The summed E-state index contributed by atoms with van der Waals surface area (Å²) in [5.41, 5.74) is 0.120. The number of pyridine rings is 1. The number of hydrogen-bond acceptors (Lipinski definition) is 13. The molecule has 4 saturated heterocycles. The number of amides is 4. The molecule has 5 aliphatic rings. The van der Waals surface area contributed by atoms with Crippen LogP contribution in [0.2, 0.25) is 0 Å². The van der Waals surface area contributed by atoms with Crippen molar-refractivity contribution in [1.82, 2.24) is 35.0 Å². The third-order valence-electron chi connectivity index (χ3n) is 16.6. The molecule has 19 heteroatoms. The largest absolute Gasteiger partial charge is 0.468 e. The molecular weight excluding hydrogens is 992 g/mol. The van der Waals surface area contributed by atoms with E-state index in [4.69, 9.17) is 25.6 Å². The number of rotatable bonds is 14. The number of fused-ring (bicyclic) bond motifs is 2. The van der Waals surface area contributed by atoms with Crippen LogP contribution in [-0.2, 0) is 9.53 Å². The number of anilines is 2. The second kappa shape index (κ2) is 22.4. The summed E-state index contributed by atoms with van der Waals surface area (Å²) in [4.78, 5) is 62.2. The minimum atomic E-state index is -0.997. The zero-order valence-corrected chi connectivity index (χ0v) is 44.4. The van der Waals surface area contributed by atoms with Crippen LogP contribution in [0.15, 0.2) is 42.6 Å². The molecule has 10 rings (SSSR count). The maximum atomic E-state index is 17.3. The Balaban J connectivity index is 0.743. The number of methoxy groups -OCH3 is 1. The van der Waals surface area contributed by atoms with Gasteiger partial charge in [0, 0.05) is 114 Å². The highest BCUT2D eigenvalue weighted by atomic mass is 19.1. The summed E-state index contributed by atoms with van der Waals surface area (Å²) < 4.78 is 65.0. The number of imide groups is 1. The molecular formula is C58H68F3N9O7. The van der Waals surface area contributed by atoms with Gasteiger partial charge in [-0.05, 0) is 118 Å². The number of ether oxygens (including phenoxy) is 3. The third-order valence-corrected chi connectivity index (χ3v) is 16.6. The number of aliphatic hydroxyl groups is 1. The molecule has 408 valence electrons. The number of piperidine rings is 2. The predicted molar refractivity (Wildman–Crippen MR) is 286 cm³/mol. The van der Waals surface area contributed by atoms with Crippen LogP contribution >= 0.6 is 0 Å². The minimum Gasteiger partial charge on any atom is -0.468 e. The Morgan fingerprint density at radius 2 is 1.69 bits per heavy atom. The first-order chi connectivity index (χ1) is 37.0. The van der Waals surface area contributed by atoms with Crippen molar-refractivity contribution < 1.29 is 46.9 Å². The molecule has 5 fully saturated rings. The Bertz CT molecular complexity index is 3110. The summed E-state index contributed by atoms with van der Waals surface area (Å²) >= 11 is 0. The number of aromatic nitrogens is 3. The van der Waals surface area contributed by atoms with Crippen LogP contribution < -0.4 is 24.6 Å². The van der Waals surface area contributed by atoms with Gasteiger partial charge in [-0.25, -0.2) is 18.0 Å². The van der Waals surface area contributed by atoms with Crippen molar-refractivity contribution in [2.45, 2.75) is 84.2 Å². The second-order valence-corrected chi connectivity index (χ2v) is 22.3. The highest BCUT2D eigenvalue weighted by Gasteiger charge is 2.40. The molecule has 1 spiro atoms. The van der Waals surface area contributed by atoms with E-state index in [9.17, 15) is 19.5 Å². The van der Waals surface area contributed by atoms with Crippen molar-refractivity contribution in [3.8, 4) is 35.4 Å². The molecule has 4 amide bonds. The maximum Gasteiger partial charge on any atom is 0.328 e. The number of urea groups is 1. The lowest BCUT2D eigenvalue weighted by molar-refractivity contribution is -0.120. The number of carbonyl (C=O) groups excluding carboxylic acids is 3. The van der Waals surface area contributed by atoms with E-state index in [1.807, 2.05) is 4.90 Å². The SMILES string of the molecule is C#Cc1c(F)ccc2cc(OCOC)cc(-c3ncc4c(N5CCC[C@@](C)(O)C5)nc(OC[C@H](C)CN5CCN(CC6CCC7(CC6)CCN(C(=O)c6cc(N8CCC(=O)NC8=O)c(C)cc6F)CC7)CC5)nc4c3F)c12. The number of carbonyl (C=O) groups is 3. The number of hydrogen-bond donors (Lipinski definition) is 2. The van der Waals surface area contributed by atoms with E-state index < -0.39 is 29.1 Å². The van der Waals surface area contributed by atoms with Crippen LogP contribution in [-0.4, -0.2) is 151 Å². The molecule has 16 nitrogen and oxygen atoms in total. The quantitative estimate of drug-likeness (QED) is 0.0811. The van der Waals surface area contributed by atoms with Crippen molar-refractivity contribution >= 4 is 51.0 Å². The van der Waals surface area contributed by atoms with E-state index in [0.29, 0.717) is 77.4 Å². The zero-order chi connectivity index (χ0) is 54.2. The van der Waals surface area contributed by atoms with Crippen molar-refractivity contribution in [3.05, 3.63) is 76.7 Å². The van der Waals surface area contributed by atoms with Gasteiger partial charge in [-0.1, -0.05) is 18.9 Å². The molecule has 77 heavy (non-hydrogen) atoms. The van der Waals surface area contributed by atoms with E-state index in [0.717, 1.165) is 77.8 Å². The van der Waals surface area contributed by atoms with Gasteiger partial charge in [0.15, 0.2) is 12.6 Å². The van der Waals surface area contributed by atoms with Gasteiger partial charge in [-0.2, -0.15) is 9.97 Å². The van der Waals surface area contributed by atoms with Crippen molar-refractivity contribution in [3.63, 3.8) is 0 Å². The Labute approximate surface area is 447 Å². The first-order valence-corrected chi connectivity index (χ1v) is 27.0. The monoisotopic (exact) mass is 1060 g/mol. The first-order valence-electron chi connectivity index (χ1n) is 27.0. The molecule has 5 aromatic rings. The van der Waals surface area contributed by atoms with Gasteiger partial charge in [0.25, 0.3) is 5.91 Å². The number of halogens is 3. The van der Waals surface area contributed by atoms with Gasteiger partial charge in [0.05, 0.1) is 28.7 Å². The molecule has 0 radical (unpaired) electrons. The molecule has 2 atom stereocenters. The van der Waals surface area contributed by atoms with Crippen molar-refractivity contribution in [2.75, 3.05) is 102 Å². The fourth-order valence-electron chi connectivity index (χ4n) is 12.3. The van der Waals surface area contributed by atoms with Crippen LogP contribution in [0.1, 0.15) is 93.1 Å². The highest BCUT2D eigenvalue weighted by Crippen LogP contribution is 2.47. The normalized spacial score (nSPS) is 21.2. The number of nitrogens with zero attached hydrogens (tertiary/aromatic N) is 8. The number of likely N-dealkylation sites (tertiary alicyclic amines) is 1. The summed E-state index contributed by atoms with van der Waals surface area (Å²) in [5, 5.41) is 14.6. The Morgan fingerprint density at radius 1 is 0.935 bits per heavy atom. The van der Waals surface area contributed by atoms with Gasteiger partial charge in [-0.3, -0.25) is 24.8 Å². The lowest BCUT2D eigenvalue weighted by Crippen LogP contribution is -2.50. The highest BCUT2D eigenvalue weighted by molar-refractivity contribution is 6.07. The molecule has 0 bridgehead atoms. The van der Waals surface area contributed by atoms with Crippen molar-refractivity contribution in [2.24, 2.45) is 17.3 Å². The predicted octanol–water partition coefficient (Wildman–Crippen LogP) is 8.08. The van der Waals surface area contributed by atoms with Crippen LogP contribution in [0.25, 0.3) is 32.9 Å². The van der Waals surface area contributed by atoms with E-state index in [-0.39, 0.29) is 90.0 Å². The smallest absolute Gasteiger partial charge is 0.328 e. The molecule has 2 N–H and O–H groups in total. The Morgan fingerprint density at radius 3 is 2.40 bits per heavy atom.